The van der Waals surface area contributed by atoms with Crippen LogP contribution >= 0.6 is 0 Å². The fourth-order valence-corrected chi connectivity index (χ4v) is 8.57. The number of hydrogen-bond donors (Lipinski definition) is 0. The number of nitrogens with zero attached hydrogens (tertiary/aromatic N) is 5. The molecule has 7 heteroatoms. The molecule has 0 fully saturated rings. The van der Waals surface area contributed by atoms with E-state index in [4.69, 9.17) is 9.72 Å². The van der Waals surface area contributed by atoms with Gasteiger partial charge in [-0.3, -0.25) is 0 Å². The van der Waals surface area contributed by atoms with Gasteiger partial charge >= 0.3 is 0 Å². The van der Waals surface area contributed by atoms with Crippen molar-refractivity contribution in [2.75, 3.05) is 9.80 Å². The van der Waals surface area contributed by atoms with Gasteiger partial charge in [-0.1, -0.05) is 116 Å². The predicted molar refractivity (Wildman–Crippen MR) is 248 cm³/mol. The van der Waals surface area contributed by atoms with E-state index in [1.807, 2.05) is 18.3 Å². The summed E-state index contributed by atoms with van der Waals surface area (Å²) in [6.07, 6.45) is 1.92. The molecule has 0 amide bonds. The summed E-state index contributed by atoms with van der Waals surface area (Å²) in [5.41, 5.74) is 13.3. The Balaban J connectivity index is 0.00000476. The van der Waals surface area contributed by atoms with Crippen LogP contribution in [-0.2, 0) is 37.3 Å². The first-order chi connectivity index (χ1) is 28.6. The van der Waals surface area contributed by atoms with Crippen LogP contribution in [0.15, 0.2) is 134 Å². The van der Waals surface area contributed by atoms with Crippen molar-refractivity contribution < 1.29 is 25.8 Å². The number of ether oxygens (including phenoxy) is 1. The summed E-state index contributed by atoms with van der Waals surface area (Å²) in [4.78, 5) is 9.45. The minimum Gasteiger partial charge on any atom is -0.509 e. The van der Waals surface area contributed by atoms with Gasteiger partial charge in [0.1, 0.15) is 5.82 Å². The zero-order valence-corrected chi connectivity index (χ0v) is 38.5. The van der Waals surface area contributed by atoms with E-state index in [1.165, 1.54) is 22.1 Å². The molecule has 0 saturated heterocycles. The third-order valence-electron chi connectivity index (χ3n) is 11.9. The molecular formula is C54H50N5OPt-3. The monoisotopic (exact) mass is 979 g/mol. The molecule has 0 N–H and O–H groups in total. The van der Waals surface area contributed by atoms with Crippen LogP contribution in [0.2, 0.25) is 0 Å². The van der Waals surface area contributed by atoms with Crippen molar-refractivity contribution in [1.29, 1.82) is 0 Å². The maximum atomic E-state index is 6.84. The van der Waals surface area contributed by atoms with Gasteiger partial charge in [0.25, 0.3) is 0 Å². The number of hydrogen-bond acceptors (Lipinski definition) is 4. The topological polar surface area (TPSA) is 38.5 Å². The second kappa shape index (κ2) is 14.7. The maximum absolute atomic E-state index is 6.84. The van der Waals surface area contributed by atoms with E-state index in [-0.39, 0.29) is 37.3 Å². The van der Waals surface area contributed by atoms with Crippen molar-refractivity contribution in [2.45, 2.75) is 78.6 Å². The molecule has 0 saturated carbocycles. The minimum absolute atomic E-state index is 0. The average molecular weight is 980 g/mol. The Morgan fingerprint density at radius 1 is 0.508 bits per heavy atom. The maximum Gasteiger partial charge on any atom is 0.135 e. The molecule has 0 aliphatic carbocycles. The van der Waals surface area contributed by atoms with Gasteiger partial charge in [0.05, 0.1) is 0 Å². The van der Waals surface area contributed by atoms with Gasteiger partial charge in [-0.2, -0.15) is 6.07 Å². The fourth-order valence-electron chi connectivity index (χ4n) is 8.57. The summed E-state index contributed by atoms with van der Waals surface area (Å²) in [6, 6.07) is 52.6. The molecule has 9 aromatic rings. The summed E-state index contributed by atoms with van der Waals surface area (Å²) >= 11 is 0. The number of fused-ring (bicyclic) bond motifs is 1. The Kier molecular flexibility index (Phi) is 9.75. The Morgan fingerprint density at radius 2 is 1.13 bits per heavy atom. The molecular weight excluding hydrogens is 930 g/mol. The minimum atomic E-state index is -0.0388. The van der Waals surface area contributed by atoms with Gasteiger partial charge in [-0.15, -0.1) is 42.7 Å². The molecule has 6 nitrogen and oxygen atoms in total. The van der Waals surface area contributed by atoms with Crippen LogP contribution in [0, 0.1) is 18.8 Å². The second-order valence-electron chi connectivity index (χ2n) is 19.2. The van der Waals surface area contributed by atoms with E-state index in [9.17, 15) is 0 Å². The first-order valence-electron chi connectivity index (χ1n) is 20.9. The summed E-state index contributed by atoms with van der Waals surface area (Å²) in [6.45, 7) is 22.6. The van der Waals surface area contributed by atoms with E-state index in [0.29, 0.717) is 11.5 Å². The van der Waals surface area contributed by atoms with Gasteiger partial charge < -0.3 is 23.7 Å². The molecule has 4 heterocycles. The van der Waals surface area contributed by atoms with E-state index in [0.717, 1.165) is 61.7 Å². The number of pyridine rings is 1. The Hall–Kier alpha value is -5.84. The van der Waals surface area contributed by atoms with Crippen molar-refractivity contribution >= 4 is 55.6 Å². The Labute approximate surface area is 374 Å². The van der Waals surface area contributed by atoms with E-state index in [1.54, 1.807) is 0 Å². The zero-order valence-electron chi connectivity index (χ0n) is 36.2. The quantitative estimate of drug-likeness (QED) is 0.156. The normalized spacial score (nSPS) is 13.4. The summed E-state index contributed by atoms with van der Waals surface area (Å²) < 4.78 is 11.4. The molecule has 3 aromatic heterocycles. The van der Waals surface area contributed by atoms with Crippen LogP contribution in [0.4, 0.5) is 22.7 Å². The van der Waals surface area contributed by atoms with E-state index in [2.05, 4.69) is 215 Å². The molecule has 0 radical (unpaired) electrons. The largest absolute Gasteiger partial charge is 0.509 e. The molecule has 6 aromatic carbocycles. The van der Waals surface area contributed by atoms with Crippen LogP contribution < -0.4 is 14.5 Å². The molecule has 0 atom stereocenters. The average Bonchev–Trinajstić information content (AvgIpc) is 3.89. The van der Waals surface area contributed by atoms with Crippen molar-refractivity contribution in [1.82, 2.24) is 14.1 Å². The van der Waals surface area contributed by atoms with Crippen molar-refractivity contribution in [3.05, 3.63) is 169 Å². The Bertz CT molecular complexity index is 3030. The molecule has 61 heavy (non-hydrogen) atoms. The standard InChI is InChI=1S/C54H50N5O.Pt/c1-52(2,3)35-25-26-55-49(30-35)59-46-24-16-23-45-50(46)51-47(58(45)38-17-11-10-12-18-38)32-42(33-48(51)59)60-41-20-15-19-39(31-41)56-34-57(44-22-14-13-21-43(44)56)40-28-36(53(4,5)6)27-37(29-40)54(7,8)9;/h10-30,32,34H,1-9H3;/q-3;. The fraction of sp³-hybridized carbons (Fsp3) is 0.222. The number of rotatable bonds is 6. The number of benzene rings is 6. The van der Waals surface area contributed by atoms with Crippen LogP contribution in [0.3, 0.4) is 0 Å². The number of aromatic nitrogens is 3. The molecule has 0 unspecified atom stereocenters. The molecule has 10 rings (SSSR count). The first-order valence-corrected chi connectivity index (χ1v) is 20.9. The second-order valence-corrected chi connectivity index (χ2v) is 19.2. The summed E-state index contributed by atoms with van der Waals surface area (Å²) in [7, 11) is 0. The van der Waals surface area contributed by atoms with Gasteiger partial charge in [-0.25, -0.2) is 4.98 Å². The van der Waals surface area contributed by atoms with Crippen molar-refractivity contribution in [2.24, 2.45) is 0 Å². The third kappa shape index (κ3) is 6.99. The van der Waals surface area contributed by atoms with Gasteiger partial charge in [0.15, 0.2) is 0 Å². The van der Waals surface area contributed by atoms with E-state index >= 15 is 0 Å². The van der Waals surface area contributed by atoms with Gasteiger partial charge in [-0.05, 0) is 105 Å². The third-order valence-corrected chi connectivity index (χ3v) is 11.9. The van der Waals surface area contributed by atoms with Crippen LogP contribution in [0.1, 0.15) is 79.0 Å². The van der Waals surface area contributed by atoms with Crippen LogP contribution in [0.5, 0.6) is 11.5 Å². The molecule has 1 aliphatic rings. The van der Waals surface area contributed by atoms with Crippen molar-refractivity contribution in [3.8, 4) is 23.0 Å². The van der Waals surface area contributed by atoms with Crippen molar-refractivity contribution in [3.63, 3.8) is 0 Å². The Morgan fingerprint density at radius 3 is 1.80 bits per heavy atom. The number of para-hydroxylation sites is 3. The SMILES string of the molecule is CC(C)(C)c1cc(N2[CH-]N(c3[c-]c(Oc4[c-]c5c6c7c(cccc7n(-c7ccccc7)c6c4)n5-c4cc(C(C)(C)C)ccn4)ccc3)c3ccccc32)cc(C(C)(C)C)c1.[Pt]. The summed E-state index contributed by atoms with van der Waals surface area (Å²) in [5.74, 6) is 2.06. The first kappa shape index (κ1) is 40.6. The van der Waals surface area contributed by atoms with Crippen LogP contribution in [0.25, 0.3) is 44.3 Å². The zero-order chi connectivity index (χ0) is 41.7. The molecule has 1 aliphatic heterocycles. The number of anilines is 4. The smallest absolute Gasteiger partial charge is 0.135 e. The molecule has 0 bridgehead atoms. The van der Waals surface area contributed by atoms with Gasteiger partial charge in [0.2, 0.25) is 0 Å². The molecule has 310 valence electrons. The van der Waals surface area contributed by atoms with Crippen LogP contribution in [-0.4, -0.2) is 14.1 Å². The molecule has 0 spiro atoms. The van der Waals surface area contributed by atoms with E-state index < -0.39 is 0 Å². The summed E-state index contributed by atoms with van der Waals surface area (Å²) in [5, 5.41) is 2.31. The van der Waals surface area contributed by atoms with Gasteiger partial charge in [0, 0.05) is 72.5 Å². The predicted octanol–water partition coefficient (Wildman–Crippen LogP) is 14.3.